The zero-order valence-electron chi connectivity index (χ0n) is 6.47. The summed E-state index contributed by atoms with van der Waals surface area (Å²) >= 11 is 10.3. The second kappa shape index (κ2) is 4.06. The van der Waals surface area contributed by atoms with Gasteiger partial charge in [-0.05, 0) is 11.6 Å². The lowest BCUT2D eigenvalue weighted by atomic mass is 10.1. The number of carbonyl (C=O) groups is 1. The van der Waals surface area contributed by atoms with E-state index in [9.17, 15) is 13.6 Å². The van der Waals surface area contributed by atoms with E-state index >= 15 is 0 Å². The maximum atomic E-state index is 12.4. The molecule has 14 heavy (non-hydrogen) atoms. The molecule has 1 rings (SSSR count). The Kier molecular flexibility index (Phi) is 3.23. The third kappa shape index (κ3) is 1.93. The summed E-state index contributed by atoms with van der Waals surface area (Å²) in [6.07, 6.45) is -2.26. The van der Waals surface area contributed by atoms with Gasteiger partial charge in [0.25, 0.3) is 11.7 Å². The molecule has 0 amide bonds. The SMILES string of the molecule is O=C(Cl)c1cnc(Cl)c(O)c1C(F)F. The molecule has 1 aromatic rings. The van der Waals surface area contributed by atoms with Crippen molar-refractivity contribution < 1.29 is 18.7 Å². The molecule has 1 N–H and O–H groups in total. The molecule has 0 unspecified atom stereocenters. The molecule has 0 aromatic carbocycles. The first-order chi connectivity index (χ1) is 6.45. The van der Waals surface area contributed by atoms with Crippen LogP contribution in [0.2, 0.25) is 5.15 Å². The summed E-state index contributed by atoms with van der Waals surface area (Å²) in [5.41, 5.74) is -1.45. The monoisotopic (exact) mass is 241 g/mol. The Bertz CT molecular complexity index is 384. The van der Waals surface area contributed by atoms with Gasteiger partial charge in [-0.3, -0.25) is 4.79 Å². The quantitative estimate of drug-likeness (QED) is 0.640. The smallest absolute Gasteiger partial charge is 0.268 e. The van der Waals surface area contributed by atoms with E-state index in [0.717, 1.165) is 6.20 Å². The fourth-order valence-electron chi connectivity index (χ4n) is 0.868. The Labute approximate surface area is 87.3 Å². The molecule has 0 atom stereocenters. The second-order valence-electron chi connectivity index (χ2n) is 2.30. The van der Waals surface area contributed by atoms with Gasteiger partial charge in [-0.15, -0.1) is 0 Å². The maximum absolute atomic E-state index is 12.4. The van der Waals surface area contributed by atoms with Gasteiger partial charge >= 0.3 is 0 Å². The number of alkyl halides is 2. The molecule has 7 heteroatoms. The summed E-state index contributed by atoms with van der Waals surface area (Å²) < 4.78 is 24.7. The van der Waals surface area contributed by atoms with E-state index in [2.05, 4.69) is 4.98 Å². The lowest BCUT2D eigenvalue weighted by molar-refractivity contribution is 0.106. The summed E-state index contributed by atoms with van der Waals surface area (Å²) in [6, 6.07) is 0. The second-order valence-corrected chi connectivity index (χ2v) is 3.00. The van der Waals surface area contributed by atoms with Gasteiger partial charge in [0.05, 0.1) is 11.1 Å². The van der Waals surface area contributed by atoms with Crippen LogP contribution in [-0.2, 0) is 0 Å². The number of pyridine rings is 1. The summed E-state index contributed by atoms with van der Waals surface area (Å²) in [5.74, 6) is -0.923. The highest BCUT2D eigenvalue weighted by Crippen LogP contribution is 2.35. The largest absolute Gasteiger partial charge is 0.504 e. The van der Waals surface area contributed by atoms with Crippen molar-refractivity contribution in [2.24, 2.45) is 0 Å². The van der Waals surface area contributed by atoms with Crippen molar-refractivity contribution in [3.63, 3.8) is 0 Å². The Balaban J connectivity index is 3.45. The van der Waals surface area contributed by atoms with Crippen molar-refractivity contribution in [2.75, 3.05) is 0 Å². The van der Waals surface area contributed by atoms with Crippen LogP contribution >= 0.6 is 23.2 Å². The van der Waals surface area contributed by atoms with Crippen molar-refractivity contribution in [3.05, 3.63) is 22.5 Å². The summed E-state index contributed by atoms with van der Waals surface area (Å²) in [4.78, 5) is 14.0. The van der Waals surface area contributed by atoms with Crippen molar-refractivity contribution in [1.82, 2.24) is 4.98 Å². The first-order valence-corrected chi connectivity index (χ1v) is 4.06. The normalized spacial score (nSPS) is 10.6. The summed E-state index contributed by atoms with van der Waals surface area (Å²) in [6.45, 7) is 0. The standard InChI is InChI=1S/C7H3Cl2F2NO2/c8-5-4(13)3(7(10)11)2(1-12-5)6(9)14/h1,7,13H. The Morgan fingerprint density at radius 3 is 2.57 bits per heavy atom. The molecule has 0 saturated heterocycles. The highest BCUT2D eigenvalue weighted by molar-refractivity contribution is 6.68. The van der Waals surface area contributed by atoms with E-state index in [4.69, 9.17) is 28.3 Å². The third-order valence-corrected chi connectivity index (χ3v) is 1.96. The number of carbonyl (C=O) groups excluding carboxylic acids is 1. The lowest BCUT2D eigenvalue weighted by Crippen LogP contribution is -2.00. The van der Waals surface area contributed by atoms with Gasteiger partial charge in [0.15, 0.2) is 10.9 Å². The molecule has 1 heterocycles. The van der Waals surface area contributed by atoms with Crippen LogP contribution in [0.1, 0.15) is 22.3 Å². The van der Waals surface area contributed by atoms with Gasteiger partial charge < -0.3 is 5.11 Å². The van der Waals surface area contributed by atoms with Gasteiger partial charge in [0.2, 0.25) is 0 Å². The van der Waals surface area contributed by atoms with Crippen LogP contribution in [0.3, 0.4) is 0 Å². The number of aromatic nitrogens is 1. The van der Waals surface area contributed by atoms with Crippen LogP contribution in [0.25, 0.3) is 0 Å². The third-order valence-electron chi connectivity index (χ3n) is 1.48. The van der Waals surface area contributed by atoms with Crippen LogP contribution in [0.15, 0.2) is 6.20 Å². The van der Waals surface area contributed by atoms with Crippen LogP contribution in [-0.4, -0.2) is 15.3 Å². The van der Waals surface area contributed by atoms with E-state index in [0.29, 0.717) is 0 Å². The van der Waals surface area contributed by atoms with Crippen molar-refractivity contribution in [3.8, 4) is 5.75 Å². The predicted molar refractivity (Wildman–Crippen MR) is 46.1 cm³/mol. The van der Waals surface area contributed by atoms with Crippen molar-refractivity contribution in [1.29, 1.82) is 0 Å². The predicted octanol–water partition coefficient (Wildman–Crippen LogP) is 2.76. The van der Waals surface area contributed by atoms with Crippen molar-refractivity contribution >= 4 is 28.4 Å². The number of nitrogens with zero attached hydrogens (tertiary/aromatic N) is 1. The van der Waals surface area contributed by atoms with Crippen LogP contribution in [0.4, 0.5) is 8.78 Å². The van der Waals surface area contributed by atoms with Gasteiger partial charge in [-0.25, -0.2) is 13.8 Å². The minimum absolute atomic E-state index is 0.498. The molecule has 0 radical (unpaired) electrons. The fraction of sp³-hybridized carbons (Fsp3) is 0.143. The molecule has 0 aliphatic rings. The maximum Gasteiger partial charge on any atom is 0.268 e. The average Bonchev–Trinajstić information content (AvgIpc) is 2.08. The highest BCUT2D eigenvalue weighted by Gasteiger charge is 2.24. The Morgan fingerprint density at radius 1 is 1.57 bits per heavy atom. The van der Waals surface area contributed by atoms with E-state index in [1.807, 2.05) is 0 Å². The molecule has 1 aromatic heterocycles. The molecular formula is C7H3Cl2F2NO2. The van der Waals surface area contributed by atoms with E-state index in [1.54, 1.807) is 0 Å². The number of hydrogen-bond donors (Lipinski definition) is 1. The summed E-state index contributed by atoms with van der Waals surface area (Å²) in [7, 11) is 0. The van der Waals surface area contributed by atoms with E-state index in [-0.39, 0.29) is 0 Å². The van der Waals surface area contributed by atoms with Crippen LogP contribution in [0.5, 0.6) is 5.75 Å². The first kappa shape index (κ1) is 11.1. The molecule has 0 saturated carbocycles. The first-order valence-electron chi connectivity index (χ1n) is 3.30. The number of halogens is 4. The highest BCUT2D eigenvalue weighted by atomic mass is 35.5. The number of rotatable bonds is 2. The fourth-order valence-corrected chi connectivity index (χ4v) is 1.17. The molecule has 76 valence electrons. The van der Waals surface area contributed by atoms with Crippen molar-refractivity contribution in [2.45, 2.75) is 6.43 Å². The Hall–Kier alpha value is -0.940. The molecule has 0 aliphatic heterocycles. The van der Waals surface area contributed by atoms with Gasteiger partial charge in [0.1, 0.15) is 0 Å². The van der Waals surface area contributed by atoms with E-state index < -0.39 is 33.7 Å². The average molecular weight is 242 g/mol. The molecule has 3 nitrogen and oxygen atoms in total. The zero-order chi connectivity index (χ0) is 10.9. The van der Waals surface area contributed by atoms with Crippen LogP contribution in [0, 0.1) is 0 Å². The lowest BCUT2D eigenvalue weighted by Gasteiger charge is -2.07. The minimum atomic E-state index is -3.05. The number of aromatic hydroxyl groups is 1. The molecule has 0 bridgehead atoms. The zero-order valence-corrected chi connectivity index (χ0v) is 7.98. The van der Waals surface area contributed by atoms with Gasteiger partial charge in [-0.1, -0.05) is 11.6 Å². The minimum Gasteiger partial charge on any atom is -0.504 e. The topological polar surface area (TPSA) is 50.2 Å². The molecule has 0 aliphatic carbocycles. The summed E-state index contributed by atoms with van der Waals surface area (Å²) in [5, 5.41) is 7.49. The van der Waals surface area contributed by atoms with Gasteiger partial charge in [0, 0.05) is 6.20 Å². The van der Waals surface area contributed by atoms with Crippen LogP contribution < -0.4 is 0 Å². The molecule has 0 spiro atoms. The molecule has 0 fully saturated rings. The molecular weight excluding hydrogens is 239 g/mol. The van der Waals surface area contributed by atoms with Gasteiger partial charge in [-0.2, -0.15) is 0 Å². The number of hydrogen-bond acceptors (Lipinski definition) is 3. The van der Waals surface area contributed by atoms with E-state index in [1.165, 1.54) is 0 Å². The Morgan fingerprint density at radius 2 is 2.14 bits per heavy atom.